The third-order valence-electron chi connectivity index (χ3n) is 4.07. The second-order valence-electron chi connectivity index (χ2n) is 6.25. The molecule has 0 aliphatic carbocycles. The predicted octanol–water partition coefficient (Wildman–Crippen LogP) is 3.69. The highest BCUT2D eigenvalue weighted by Crippen LogP contribution is 2.35. The van der Waals surface area contributed by atoms with Gasteiger partial charge >= 0.3 is 5.97 Å². The molecule has 0 spiro atoms. The summed E-state index contributed by atoms with van der Waals surface area (Å²) in [6.45, 7) is -0.609. The normalized spacial score (nSPS) is 12.3. The highest BCUT2D eigenvalue weighted by atomic mass is 32.2. The van der Waals surface area contributed by atoms with Crippen molar-refractivity contribution < 1.29 is 23.8 Å². The quantitative estimate of drug-likeness (QED) is 0.501. The Hall–Kier alpha value is -3.27. The van der Waals surface area contributed by atoms with Gasteiger partial charge in [-0.25, -0.2) is 19.2 Å². The van der Waals surface area contributed by atoms with E-state index >= 15 is 0 Å². The third-order valence-corrected chi connectivity index (χ3v) is 5.22. The Labute approximate surface area is 176 Å². The molecule has 0 amide bonds. The summed E-state index contributed by atoms with van der Waals surface area (Å²) in [4.78, 5) is 19.1. The highest BCUT2D eigenvalue weighted by molar-refractivity contribution is 8.00. The molecule has 0 unspecified atom stereocenters. The number of nitrogens with zero attached hydrogens (tertiary/aromatic N) is 2. The van der Waals surface area contributed by atoms with Crippen molar-refractivity contribution in [2.45, 2.75) is 6.42 Å². The number of aliphatic carboxylic acids is 1. The lowest BCUT2D eigenvalue weighted by molar-refractivity contribution is -0.139. The first kappa shape index (κ1) is 21.4. The Morgan fingerprint density at radius 2 is 2.00 bits per heavy atom. The number of rotatable bonds is 6. The number of ether oxygens (including phenoxy) is 2. The maximum absolute atomic E-state index is 13.5. The van der Waals surface area contributed by atoms with Crippen LogP contribution in [-0.2, 0) is 4.79 Å². The van der Waals surface area contributed by atoms with Gasteiger partial charge in [0.25, 0.3) is 0 Å². The van der Waals surface area contributed by atoms with Crippen LogP contribution >= 0.6 is 11.8 Å². The van der Waals surface area contributed by atoms with E-state index in [1.807, 2.05) is 11.8 Å². The maximum Gasteiger partial charge on any atom is 0.341 e. The van der Waals surface area contributed by atoms with Gasteiger partial charge < -0.3 is 25.6 Å². The SMILES string of the molecule is C1CSC1.COc1cc(N)cc2ncnc(Nc3ccc(F)cc3OCC(=O)O)c12. The van der Waals surface area contributed by atoms with E-state index in [4.69, 9.17) is 20.3 Å². The molecule has 30 heavy (non-hydrogen) atoms. The summed E-state index contributed by atoms with van der Waals surface area (Å²) in [5.74, 6) is 1.96. The van der Waals surface area contributed by atoms with Crippen LogP contribution in [0, 0.1) is 5.82 Å². The van der Waals surface area contributed by atoms with Crippen molar-refractivity contribution in [3.05, 3.63) is 42.5 Å². The largest absolute Gasteiger partial charge is 0.496 e. The standard InChI is InChI=1S/C17H15FN4O4.C3H6S/c1-25-14-6-10(19)5-12-16(14)17(21-8-20-12)22-11-3-2-9(18)4-13(11)26-7-15(23)24;1-2-4-3-1/h2-6,8H,7,19H2,1H3,(H,23,24)(H,20,21,22);1-3H2. The molecular formula is C20H21FN4O4S. The molecule has 3 aromatic rings. The lowest BCUT2D eigenvalue weighted by Crippen LogP contribution is -2.11. The van der Waals surface area contributed by atoms with Gasteiger partial charge in [-0.2, -0.15) is 11.8 Å². The van der Waals surface area contributed by atoms with Crippen molar-refractivity contribution in [3.63, 3.8) is 0 Å². The lowest BCUT2D eigenvalue weighted by Gasteiger charge is -2.15. The topological polar surface area (TPSA) is 120 Å². The molecule has 8 nitrogen and oxygen atoms in total. The molecule has 158 valence electrons. The Morgan fingerprint density at radius 3 is 2.63 bits per heavy atom. The van der Waals surface area contributed by atoms with Gasteiger partial charge in [0.2, 0.25) is 0 Å². The summed E-state index contributed by atoms with van der Waals surface area (Å²) in [7, 11) is 1.49. The van der Waals surface area contributed by atoms with Gasteiger partial charge in [0.1, 0.15) is 29.5 Å². The number of carboxylic acids is 1. The zero-order valence-corrected chi connectivity index (χ0v) is 17.0. The average Bonchev–Trinajstić information content (AvgIpc) is 2.66. The van der Waals surface area contributed by atoms with E-state index in [1.165, 1.54) is 43.5 Å². The molecule has 0 radical (unpaired) electrons. The number of benzene rings is 2. The molecule has 1 aliphatic heterocycles. The van der Waals surface area contributed by atoms with Crippen LogP contribution in [-0.4, -0.2) is 46.3 Å². The van der Waals surface area contributed by atoms with Crippen molar-refractivity contribution in [1.29, 1.82) is 0 Å². The van der Waals surface area contributed by atoms with E-state index in [-0.39, 0.29) is 5.75 Å². The van der Waals surface area contributed by atoms with Gasteiger partial charge in [0.15, 0.2) is 6.61 Å². The molecule has 2 heterocycles. The number of fused-ring (bicyclic) bond motifs is 1. The Balaban J connectivity index is 0.000000572. The molecular weight excluding hydrogens is 411 g/mol. The number of halogens is 1. The number of thioether (sulfide) groups is 1. The Morgan fingerprint density at radius 1 is 1.27 bits per heavy atom. The molecule has 0 saturated carbocycles. The van der Waals surface area contributed by atoms with Gasteiger partial charge in [-0.05, 0) is 36.1 Å². The number of carbonyl (C=O) groups is 1. The number of nitrogens with one attached hydrogen (secondary N) is 1. The van der Waals surface area contributed by atoms with E-state index in [0.717, 1.165) is 6.07 Å². The van der Waals surface area contributed by atoms with Gasteiger partial charge in [-0.3, -0.25) is 0 Å². The number of nitrogens with two attached hydrogens (primary N) is 1. The van der Waals surface area contributed by atoms with Crippen LogP contribution in [0.4, 0.5) is 21.6 Å². The van der Waals surface area contributed by atoms with E-state index in [0.29, 0.717) is 33.8 Å². The minimum Gasteiger partial charge on any atom is -0.496 e. The number of nitrogen functional groups attached to an aromatic ring is 1. The first-order valence-corrected chi connectivity index (χ1v) is 10.2. The number of carboxylic acid groups (broad SMARTS) is 1. The molecule has 1 aliphatic rings. The molecule has 4 N–H and O–H groups in total. The van der Waals surface area contributed by atoms with Crippen molar-refractivity contribution in [2.75, 3.05) is 36.3 Å². The fourth-order valence-corrected chi connectivity index (χ4v) is 2.85. The summed E-state index contributed by atoms with van der Waals surface area (Å²) in [5.41, 5.74) is 7.20. The van der Waals surface area contributed by atoms with Crippen molar-refractivity contribution >= 4 is 45.8 Å². The monoisotopic (exact) mass is 432 g/mol. The Kier molecular flexibility index (Phi) is 7.12. The molecule has 1 saturated heterocycles. The van der Waals surface area contributed by atoms with Crippen LogP contribution in [0.15, 0.2) is 36.7 Å². The zero-order valence-electron chi connectivity index (χ0n) is 16.2. The van der Waals surface area contributed by atoms with Gasteiger partial charge in [0, 0.05) is 17.8 Å². The number of aromatic nitrogens is 2. The molecule has 4 rings (SSSR count). The summed E-state index contributed by atoms with van der Waals surface area (Å²) in [6, 6.07) is 7.02. The number of hydrogen-bond acceptors (Lipinski definition) is 8. The lowest BCUT2D eigenvalue weighted by atomic mass is 10.2. The van der Waals surface area contributed by atoms with Crippen LogP contribution in [0.25, 0.3) is 10.9 Å². The summed E-state index contributed by atoms with van der Waals surface area (Å²) >= 11 is 2.04. The smallest absolute Gasteiger partial charge is 0.341 e. The molecule has 10 heteroatoms. The predicted molar refractivity (Wildman–Crippen MR) is 115 cm³/mol. The van der Waals surface area contributed by atoms with Crippen LogP contribution in [0.5, 0.6) is 11.5 Å². The second-order valence-corrected chi connectivity index (χ2v) is 7.48. The minimum absolute atomic E-state index is 0.0357. The number of anilines is 3. The molecule has 1 fully saturated rings. The van der Waals surface area contributed by atoms with Crippen molar-refractivity contribution in [3.8, 4) is 11.5 Å². The Bertz CT molecular complexity index is 1040. The third kappa shape index (κ3) is 5.41. The summed E-state index contributed by atoms with van der Waals surface area (Å²) in [6.07, 6.45) is 2.80. The van der Waals surface area contributed by atoms with Crippen LogP contribution in [0.2, 0.25) is 0 Å². The van der Waals surface area contributed by atoms with E-state index in [2.05, 4.69) is 15.3 Å². The highest BCUT2D eigenvalue weighted by Gasteiger charge is 2.14. The minimum atomic E-state index is -1.18. The van der Waals surface area contributed by atoms with Crippen LogP contribution in [0.1, 0.15) is 6.42 Å². The van der Waals surface area contributed by atoms with E-state index in [9.17, 15) is 9.18 Å². The van der Waals surface area contributed by atoms with Gasteiger partial charge in [-0.1, -0.05) is 0 Å². The van der Waals surface area contributed by atoms with E-state index in [1.54, 1.807) is 12.1 Å². The first-order valence-electron chi connectivity index (χ1n) is 9.05. The van der Waals surface area contributed by atoms with Crippen molar-refractivity contribution in [2.24, 2.45) is 0 Å². The molecule has 1 aromatic heterocycles. The van der Waals surface area contributed by atoms with Gasteiger partial charge in [-0.15, -0.1) is 0 Å². The van der Waals surface area contributed by atoms with Crippen LogP contribution < -0.4 is 20.5 Å². The summed E-state index contributed by atoms with van der Waals surface area (Å²) in [5, 5.41) is 12.3. The van der Waals surface area contributed by atoms with Crippen LogP contribution in [0.3, 0.4) is 0 Å². The average molecular weight is 432 g/mol. The number of hydrogen-bond donors (Lipinski definition) is 3. The number of methoxy groups -OCH3 is 1. The zero-order chi connectivity index (χ0) is 21.5. The summed E-state index contributed by atoms with van der Waals surface area (Å²) < 4.78 is 24.0. The molecule has 2 aromatic carbocycles. The van der Waals surface area contributed by atoms with Crippen molar-refractivity contribution in [1.82, 2.24) is 9.97 Å². The fourth-order valence-electron chi connectivity index (χ4n) is 2.56. The first-order chi connectivity index (χ1) is 14.5. The molecule has 0 bridgehead atoms. The second kappa shape index (κ2) is 9.97. The fraction of sp³-hybridized carbons (Fsp3) is 0.250. The maximum atomic E-state index is 13.5. The van der Waals surface area contributed by atoms with E-state index < -0.39 is 18.4 Å². The molecule has 0 atom stereocenters. The van der Waals surface area contributed by atoms with Gasteiger partial charge in [0.05, 0.1) is 23.7 Å².